The van der Waals surface area contributed by atoms with E-state index in [1.807, 2.05) is 0 Å². The minimum Gasteiger partial charge on any atom is -0.334 e. The summed E-state index contributed by atoms with van der Waals surface area (Å²) < 4.78 is 23.7. The summed E-state index contributed by atoms with van der Waals surface area (Å²) in [4.78, 5) is 3.85. The van der Waals surface area contributed by atoms with Crippen LogP contribution in [0.15, 0.2) is 11.2 Å². The molecule has 0 aromatic carbocycles. The Balaban J connectivity index is 2.84. The van der Waals surface area contributed by atoms with Crippen molar-refractivity contribution in [2.45, 2.75) is 31.3 Å². The molecule has 0 amide bonds. The van der Waals surface area contributed by atoms with Crippen LogP contribution in [-0.2, 0) is 15.6 Å². The molecule has 0 aliphatic heterocycles. The lowest BCUT2D eigenvalue weighted by atomic mass is 10.3. The molecule has 82 valence electrons. The lowest BCUT2D eigenvalue weighted by molar-refractivity contribution is 0.606. The molecule has 1 rings (SSSR count). The fourth-order valence-electron chi connectivity index (χ4n) is 1.17. The predicted molar refractivity (Wildman–Crippen MR) is 58.1 cm³/mol. The van der Waals surface area contributed by atoms with E-state index < -0.39 is 9.05 Å². The first-order valence-electron chi connectivity index (χ1n) is 4.37. The zero-order chi connectivity index (χ0) is 11.5. The fourth-order valence-corrected chi connectivity index (χ4v) is 1.89. The van der Waals surface area contributed by atoms with E-state index in [1.54, 1.807) is 11.5 Å². The van der Waals surface area contributed by atoms with Crippen LogP contribution in [-0.4, -0.2) is 18.0 Å². The minimum absolute atomic E-state index is 0.109. The molecular formula is C9H11ClN2O2S. The molecule has 0 radical (unpaired) electrons. The van der Waals surface area contributed by atoms with Gasteiger partial charge in [-0.2, -0.15) is 0 Å². The normalized spacial score (nSPS) is 11.3. The predicted octanol–water partition coefficient (Wildman–Crippen LogP) is 1.53. The third-order valence-corrected chi connectivity index (χ3v) is 3.09. The highest BCUT2D eigenvalue weighted by Crippen LogP contribution is 2.14. The Morgan fingerprint density at radius 1 is 1.67 bits per heavy atom. The first kappa shape index (κ1) is 12.1. The maximum atomic E-state index is 11.0. The van der Waals surface area contributed by atoms with Gasteiger partial charge in [0.25, 0.3) is 9.05 Å². The molecule has 0 aliphatic rings. The molecule has 0 atom stereocenters. The molecule has 1 aromatic heterocycles. The summed E-state index contributed by atoms with van der Waals surface area (Å²) in [7, 11) is 1.43. The zero-order valence-corrected chi connectivity index (χ0v) is 9.85. The molecule has 0 bridgehead atoms. The van der Waals surface area contributed by atoms with Crippen LogP contribution in [0.2, 0.25) is 0 Å². The third-order valence-electron chi connectivity index (χ3n) is 1.92. The van der Waals surface area contributed by atoms with Gasteiger partial charge in [-0.1, -0.05) is 0 Å². The van der Waals surface area contributed by atoms with E-state index in [9.17, 15) is 8.42 Å². The molecule has 6 heteroatoms. The number of hydrogen-bond acceptors (Lipinski definition) is 3. The molecule has 0 saturated carbocycles. The quantitative estimate of drug-likeness (QED) is 0.460. The number of imidazole rings is 1. The average Bonchev–Trinajstić information content (AvgIpc) is 2.48. The molecular weight excluding hydrogens is 236 g/mol. The van der Waals surface area contributed by atoms with Crippen molar-refractivity contribution < 1.29 is 8.42 Å². The van der Waals surface area contributed by atoms with Crippen molar-refractivity contribution >= 4 is 19.7 Å². The van der Waals surface area contributed by atoms with Crippen LogP contribution in [0.3, 0.4) is 0 Å². The van der Waals surface area contributed by atoms with Crippen LogP contribution in [0.5, 0.6) is 0 Å². The number of aryl methyl sites for hydroxylation is 2. The Bertz CT molecular complexity index is 485. The van der Waals surface area contributed by atoms with Crippen LogP contribution >= 0.6 is 10.7 Å². The van der Waals surface area contributed by atoms with Gasteiger partial charge in [0.15, 0.2) is 5.03 Å². The Morgan fingerprint density at radius 2 is 2.33 bits per heavy atom. The molecule has 1 aromatic rings. The summed E-state index contributed by atoms with van der Waals surface area (Å²) >= 11 is 0. The summed E-state index contributed by atoms with van der Waals surface area (Å²) in [6.45, 7) is 2.37. The molecule has 0 spiro atoms. The van der Waals surface area contributed by atoms with Gasteiger partial charge in [0, 0.05) is 29.8 Å². The molecule has 15 heavy (non-hydrogen) atoms. The SMILES string of the molecule is C#CCCCn1cc(S(=O)(=O)Cl)nc1C. The second-order valence-corrected chi connectivity index (χ2v) is 5.58. The van der Waals surface area contributed by atoms with E-state index in [0.29, 0.717) is 18.8 Å². The first-order chi connectivity index (χ1) is 6.95. The van der Waals surface area contributed by atoms with Gasteiger partial charge < -0.3 is 4.57 Å². The largest absolute Gasteiger partial charge is 0.334 e. The van der Waals surface area contributed by atoms with E-state index >= 15 is 0 Å². The lowest BCUT2D eigenvalue weighted by Gasteiger charge is -2.00. The Morgan fingerprint density at radius 3 is 2.80 bits per heavy atom. The van der Waals surface area contributed by atoms with Crippen LogP contribution in [0.1, 0.15) is 18.7 Å². The summed E-state index contributed by atoms with van der Waals surface area (Å²) in [6, 6.07) is 0. The average molecular weight is 247 g/mol. The number of halogens is 1. The van der Waals surface area contributed by atoms with Crippen molar-refractivity contribution in [1.29, 1.82) is 0 Å². The standard InChI is InChI=1S/C9H11ClN2O2S/c1-3-4-5-6-12-7-9(11-8(12)2)15(10,13)14/h1,7H,4-6H2,2H3. The molecule has 0 N–H and O–H groups in total. The maximum Gasteiger partial charge on any atom is 0.280 e. The van der Waals surface area contributed by atoms with Crippen LogP contribution in [0.25, 0.3) is 0 Å². The molecule has 0 saturated heterocycles. The fraction of sp³-hybridized carbons (Fsp3) is 0.444. The smallest absolute Gasteiger partial charge is 0.280 e. The molecule has 4 nitrogen and oxygen atoms in total. The van der Waals surface area contributed by atoms with Crippen molar-refractivity contribution in [1.82, 2.24) is 9.55 Å². The number of aromatic nitrogens is 2. The van der Waals surface area contributed by atoms with Gasteiger partial charge >= 0.3 is 0 Å². The highest BCUT2D eigenvalue weighted by atomic mass is 35.7. The maximum absolute atomic E-state index is 11.0. The minimum atomic E-state index is -3.74. The molecule has 0 fully saturated rings. The van der Waals surface area contributed by atoms with Crippen molar-refractivity contribution in [3.8, 4) is 12.3 Å². The summed E-state index contributed by atoms with van der Waals surface area (Å²) in [6.07, 6.45) is 7.98. The third kappa shape index (κ3) is 3.26. The van der Waals surface area contributed by atoms with Gasteiger partial charge in [-0.15, -0.1) is 12.3 Å². The van der Waals surface area contributed by atoms with Crippen molar-refractivity contribution in [3.05, 3.63) is 12.0 Å². The zero-order valence-electron chi connectivity index (χ0n) is 8.27. The van der Waals surface area contributed by atoms with Crippen LogP contribution in [0, 0.1) is 19.3 Å². The van der Waals surface area contributed by atoms with Crippen LogP contribution in [0.4, 0.5) is 0 Å². The van der Waals surface area contributed by atoms with Crippen molar-refractivity contribution in [2.24, 2.45) is 0 Å². The van der Waals surface area contributed by atoms with Gasteiger partial charge in [-0.3, -0.25) is 0 Å². The van der Waals surface area contributed by atoms with Crippen LogP contribution < -0.4 is 0 Å². The first-order valence-corrected chi connectivity index (χ1v) is 6.68. The number of terminal acetylenes is 1. The van der Waals surface area contributed by atoms with E-state index in [-0.39, 0.29) is 5.03 Å². The number of unbranched alkanes of at least 4 members (excludes halogenated alkanes) is 1. The number of hydrogen-bond donors (Lipinski definition) is 0. The Labute approximate surface area is 93.7 Å². The summed E-state index contributed by atoms with van der Waals surface area (Å²) in [5.74, 6) is 3.13. The molecule has 0 aliphatic carbocycles. The Kier molecular flexibility index (Phi) is 3.77. The number of rotatable bonds is 4. The van der Waals surface area contributed by atoms with E-state index in [2.05, 4.69) is 10.9 Å². The second-order valence-electron chi connectivity index (χ2n) is 3.07. The lowest BCUT2D eigenvalue weighted by Crippen LogP contribution is -1.98. The van der Waals surface area contributed by atoms with E-state index in [0.717, 1.165) is 6.42 Å². The topological polar surface area (TPSA) is 52.0 Å². The summed E-state index contributed by atoms with van der Waals surface area (Å²) in [5.41, 5.74) is 0. The monoisotopic (exact) mass is 246 g/mol. The second kappa shape index (κ2) is 4.69. The summed E-state index contributed by atoms with van der Waals surface area (Å²) in [5, 5.41) is -0.109. The highest BCUT2D eigenvalue weighted by Gasteiger charge is 2.15. The Hall–Kier alpha value is -0.990. The molecule has 1 heterocycles. The van der Waals surface area contributed by atoms with Gasteiger partial charge in [0.1, 0.15) is 5.82 Å². The van der Waals surface area contributed by atoms with Gasteiger partial charge in [0.2, 0.25) is 0 Å². The van der Waals surface area contributed by atoms with Gasteiger partial charge in [-0.05, 0) is 13.3 Å². The van der Waals surface area contributed by atoms with Crippen molar-refractivity contribution in [2.75, 3.05) is 0 Å². The molecule has 0 unspecified atom stereocenters. The highest BCUT2D eigenvalue weighted by molar-refractivity contribution is 8.13. The van der Waals surface area contributed by atoms with Gasteiger partial charge in [0.05, 0.1) is 0 Å². The van der Waals surface area contributed by atoms with Crippen molar-refractivity contribution in [3.63, 3.8) is 0 Å². The van der Waals surface area contributed by atoms with Gasteiger partial charge in [-0.25, -0.2) is 13.4 Å². The van der Waals surface area contributed by atoms with E-state index in [1.165, 1.54) is 6.20 Å². The number of nitrogens with zero attached hydrogens (tertiary/aromatic N) is 2. The van der Waals surface area contributed by atoms with E-state index in [4.69, 9.17) is 17.1 Å².